The molecule has 8 nitrogen and oxygen atoms in total. The summed E-state index contributed by atoms with van der Waals surface area (Å²) in [5, 5.41) is 22.1. The number of carboxylic acid groups (broad SMARTS) is 1. The minimum absolute atomic E-state index is 0.0263. The highest BCUT2D eigenvalue weighted by atomic mass is 32.2. The molecule has 0 spiro atoms. The van der Waals surface area contributed by atoms with Crippen molar-refractivity contribution in [2.45, 2.75) is 24.4 Å². The Labute approximate surface area is 118 Å². The van der Waals surface area contributed by atoms with E-state index in [0.717, 1.165) is 18.0 Å². The van der Waals surface area contributed by atoms with Crippen LogP contribution < -0.4 is 5.32 Å². The minimum Gasteiger partial charge on any atom is -0.480 e. The van der Waals surface area contributed by atoms with Crippen LogP contribution in [0, 0.1) is 10.1 Å². The number of nitrogens with zero attached hydrogens (tertiary/aromatic N) is 2. The van der Waals surface area contributed by atoms with E-state index in [4.69, 9.17) is 5.11 Å². The summed E-state index contributed by atoms with van der Waals surface area (Å²) in [5.41, 5.74) is -1.48. The van der Waals surface area contributed by atoms with Crippen LogP contribution in [0.4, 0.5) is 5.69 Å². The van der Waals surface area contributed by atoms with Crippen molar-refractivity contribution in [3.8, 4) is 0 Å². The normalized spacial score (nSPS) is 10.9. The van der Waals surface area contributed by atoms with Crippen LogP contribution in [0.15, 0.2) is 23.4 Å². The van der Waals surface area contributed by atoms with Gasteiger partial charge in [0.05, 0.1) is 15.7 Å². The van der Waals surface area contributed by atoms with Crippen molar-refractivity contribution >= 4 is 29.3 Å². The molecular formula is C11H13N3O5S. The molecule has 0 aromatic carbocycles. The Bertz CT molecular complexity index is 529. The highest BCUT2D eigenvalue weighted by Gasteiger charge is 2.28. The highest BCUT2D eigenvalue weighted by molar-refractivity contribution is 7.99. The van der Waals surface area contributed by atoms with Gasteiger partial charge in [-0.05, 0) is 19.9 Å². The van der Waals surface area contributed by atoms with E-state index >= 15 is 0 Å². The summed E-state index contributed by atoms with van der Waals surface area (Å²) in [6.07, 6.45) is 1.10. The molecule has 0 aliphatic carbocycles. The first-order valence-electron chi connectivity index (χ1n) is 5.50. The van der Waals surface area contributed by atoms with Gasteiger partial charge in [0.2, 0.25) is 5.91 Å². The highest BCUT2D eigenvalue weighted by Crippen LogP contribution is 2.18. The second-order valence-electron chi connectivity index (χ2n) is 4.38. The summed E-state index contributed by atoms with van der Waals surface area (Å²) in [4.78, 5) is 36.1. The number of nitrogens with one attached hydrogen (secondary N) is 1. The fourth-order valence-corrected chi connectivity index (χ4v) is 1.79. The van der Waals surface area contributed by atoms with Crippen molar-refractivity contribution in [1.29, 1.82) is 0 Å². The van der Waals surface area contributed by atoms with Crippen molar-refractivity contribution in [3.05, 3.63) is 28.4 Å². The maximum atomic E-state index is 11.6. The Hall–Kier alpha value is -2.16. The van der Waals surface area contributed by atoms with E-state index in [0.29, 0.717) is 5.03 Å². The third kappa shape index (κ3) is 4.50. The molecular weight excluding hydrogens is 286 g/mol. The number of amides is 1. The Morgan fingerprint density at radius 1 is 1.50 bits per heavy atom. The average molecular weight is 299 g/mol. The quantitative estimate of drug-likeness (QED) is 0.457. The molecule has 2 N–H and O–H groups in total. The van der Waals surface area contributed by atoms with Gasteiger partial charge in [-0.15, -0.1) is 0 Å². The molecule has 20 heavy (non-hydrogen) atoms. The summed E-state index contributed by atoms with van der Waals surface area (Å²) in [6.45, 7) is 2.75. The van der Waals surface area contributed by atoms with Crippen molar-refractivity contribution in [2.75, 3.05) is 5.75 Å². The zero-order chi connectivity index (χ0) is 15.3. The molecule has 0 saturated heterocycles. The van der Waals surface area contributed by atoms with Crippen LogP contribution in [0.25, 0.3) is 0 Å². The van der Waals surface area contributed by atoms with E-state index in [-0.39, 0.29) is 11.4 Å². The Balaban J connectivity index is 2.53. The first kappa shape index (κ1) is 15.9. The zero-order valence-corrected chi connectivity index (χ0v) is 11.6. The second-order valence-corrected chi connectivity index (χ2v) is 5.37. The molecule has 0 saturated carbocycles. The molecule has 1 amide bonds. The first-order chi connectivity index (χ1) is 9.22. The number of pyridine rings is 1. The lowest BCUT2D eigenvalue weighted by atomic mass is 10.1. The molecule has 1 rings (SSSR count). The van der Waals surface area contributed by atoms with Gasteiger partial charge in [0.25, 0.3) is 5.69 Å². The number of hydrogen-bond donors (Lipinski definition) is 2. The van der Waals surface area contributed by atoms with Gasteiger partial charge in [0.15, 0.2) is 0 Å². The fraction of sp³-hybridized carbons (Fsp3) is 0.364. The monoisotopic (exact) mass is 299 g/mol. The van der Waals surface area contributed by atoms with Crippen molar-refractivity contribution < 1.29 is 19.6 Å². The molecule has 0 aliphatic heterocycles. The molecule has 9 heteroatoms. The van der Waals surface area contributed by atoms with Crippen molar-refractivity contribution in [3.63, 3.8) is 0 Å². The van der Waals surface area contributed by atoms with Gasteiger partial charge in [0, 0.05) is 6.07 Å². The number of rotatable bonds is 6. The molecule has 108 valence electrons. The van der Waals surface area contributed by atoms with Crippen LogP contribution in [0.2, 0.25) is 0 Å². The zero-order valence-electron chi connectivity index (χ0n) is 10.8. The van der Waals surface area contributed by atoms with E-state index in [1.54, 1.807) is 0 Å². The molecule has 1 aromatic rings. The van der Waals surface area contributed by atoms with Crippen molar-refractivity contribution in [1.82, 2.24) is 10.3 Å². The largest absolute Gasteiger partial charge is 0.480 e. The van der Waals surface area contributed by atoms with Gasteiger partial charge in [0.1, 0.15) is 11.7 Å². The van der Waals surface area contributed by atoms with Crippen LogP contribution in [-0.4, -0.2) is 38.2 Å². The number of aromatic nitrogens is 1. The molecule has 0 aliphatic rings. The van der Waals surface area contributed by atoms with E-state index in [2.05, 4.69) is 10.3 Å². The lowest BCUT2D eigenvalue weighted by Crippen LogP contribution is -2.50. The lowest BCUT2D eigenvalue weighted by molar-refractivity contribution is -0.385. The number of nitro groups is 1. The maximum absolute atomic E-state index is 11.6. The lowest BCUT2D eigenvalue weighted by Gasteiger charge is -2.20. The molecule has 0 unspecified atom stereocenters. The van der Waals surface area contributed by atoms with Crippen LogP contribution in [-0.2, 0) is 9.59 Å². The predicted octanol–water partition coefficient (Wildman–Crippen LogP) is 1.06. The van der Waals surface area contributed by atoms with Crippen molar-refractivity contribution in [2.24, 2.45) is 0 Å². The number of carbonyl (C=O) groups excluding carboxylic acids is 1. The van der Waals surface area contributed by atoms with Crippen LogP contribution in [0.1, 0.15) is 13.8 Å². The van der Waals surface area contributed by atoms with Gasteiger partial charge in [-0.3, -0.25) is 14.9 Å². The number of thioether (sulfide) groups is 1. The van der Waals surface area contributed by atoms with Gasteiger partial charge < -0.3 is 10.4 Å². The summed E-state index contributed by atoms with van der Waals surface area (Å²) in [5.74, 6) is -1.62. The standard InChI is InChI=1S/C11H13N3O5S/c1-11(2,10(16)17)13-8(15)6-20-9-4-3-7(5-12-9)14(18)19/h3-5H,6H2,1-2H3,(H,13,15)(H,16,17). The smallest absolute Gasteiger partial charge is 0.328 e. The van der Waals surface area contributed by atoms with Crippen LogP contribution >= 0.6 is 11.8 Å². The maximum Gasteiger partial charge on any atom is 0.328 e. The SMILES string of the molecule is CC(C)(NC(=O)CSc1ccc([N+](=O)[O-])cn1)C(=O)O. The Kier molecular flexibility index (Phi) is 5.03. The van der Waals surface area contributed by atoms with Gasteiger partial charge in [-0.1, -0.05) is 11.8 Å². The van der Waals surface area contributed by atoms with E-state index in [1.165, 1.54) is 26.0 Å². The third-order valence-corrected chi connectivity index (χ3v) is 3.21. The summed E-state index contributed by atoms with van der Waals surface area (Å²) in [7, 11) is 0. The number of carboxylic acids is 1. The fourth-order valence-electron chi connectivity index (χ4n) is 1.14. The molecule has 0 radical (unpaired) electrons. The number of hydrogen-bond acceptors (Lipinski definition) is 6. The summed E-state index contributed by atoms with van der Waals surface area (Å²) in [6, 6.07) is 2.72. The predicted molar refractivity (Wildman–Crippen MR) is 71.5 cm³/mol. The Morgan fingerprint density at radius 3 is 2.60 bits per heavy atom. The summed E-state index contributed by atoms with van der Waals surface area (Å²) >= 11 is 1.06. The van der Waals surface area contributed by atoms with Crippen LogP contribution in [0.5, 0.6) is 0 Å². The topological polar surface area (TPSA) is 122 Å². The third-order valence-electron chi connectivity index (χ3n) is 2.27. The molecule has 0 fully saturated rings. The van der Waals surface area contributed by atoms with Gasteiger partial charge in [-0.25, -0.2) is 9.78 Å². The number of aliphatic carboxylic acids is 1. The van der Waals surface area contributed by atoms with E-state index in [9.17, 15) is 19.7 Å². The van der Waals surface area contributed by atoms with Crippen LogP contribution in [0.3, 0.4) is 0 Å². The van der Waals surface area contributed by atoms with Gasteiger partial charge >= 0.3 is 5.97 Å². The Morgan fingerprint density at radius 2 is 2.15 bits per heavy atom. The first-order valence-corrected chi connectivity index (χ1v) is 6.48. The molecule has 0 bridgehead atoms. The summed E-state index contributed by atoms with van der Waals surface area (Å²) < 4.78 is 0. The molecule has 0 atom stereocenters. The number of carbonyl (C=O) groups is 2. The second kappa shape index (κ2) is 6.33. The van der Waals surface area contributed by atoms with E-state index < -0.39 is 22.3 Å². The molecule has 1 heterocycles. The average Bonchev–Trinajstić information content (AvgIpc) is 2.36. The molecule has 1 aromatic heterocycles. The van der Waals surface area contributed by atoms with Gasteiger partial charge in [-0.2, -0.15) is 0 Å². The van der Waals surface area contributed by atoms with E-state index in [1.807, 2.05) is 0 Å². The minimum atomic E-state index is -1.35.